The molecule has 0 unspecified atom stereocenters. The van der Waals surface area contributed by atoms with Crippen molar-refractivity contribution in [2.75, 3.05) is 5.32 Å². The molecule has 0 bridgehead atoms. The van der Waals surface area contributed by atoms with Gasteiger partial charge in [-0.25, -0.2) is 9.50 Å². The molecule has 3 aromatic rings. The van der Waals surface area contributed by atoms with Crippen LogP contribution in [0.3, 0.4) is 0 Å². The lowest BCUT2D eigenvalue weighted by Gasteiger charge is -2.27. The Morgan fingerprint density at radius 3 is 2.73 bits per heavy atom. The van der Waals surface area contributed by atoms with E-state index in [4.69, 9.17) is 4.98 Å². The van der Waals surface area contributed by atoms with Gasteiger partial charge in [0.15, 0.2) is 5.65 Å². The second-order valence-electron chi connectivity index (χ2n) is 6.63. The van der Waals surface area contributed by atoms with E-state index in [9.17, 15) is 0 Å². The number of hydrogen-bond acceptors (Lipinski definition) is 3. The van der Waals surface area contributed by atoms with Crippen molar-refractivity contribution in [3.63, 3.8) is 0 Å². The van der Waals surface area contributed by atoms with Gasteiger partial charge >= 0.3 is 0 Å². The predicted octanol–water partition coefficient (Wildman–Crippen LogP) is 4.18. The zero-order valence-corrected chi connectivity index (χ0v) is 13.2. The highest BCUT2D eigenvalue weighted by molar-refractivity contribution is 5.91. The number of nitrogens with one attached hydrogen (secondary N) is 1. The molecule has 2 heterocycles. The van der Waals surface area contributed by atoms with E-state index in [1.165, 1.54) is 25.7 Å². The van der Waals surface area contributed by atoms with Crippen molar-refractivity contribution in [3.8, 4) is 0 Å². The SMILES string of the molecule is Cc1cc2nc(NC3CCC(C)CC3)c3ccccc3n2n1. The Morgan fingerprint density at radius 2 is 1.91 bits per heavy atom. The van der Waals surface area contributed by atoms with E-state index in [0.29, 0.717) is 6.04 Å². The average Bonchev–Trinajstić information content (AvgIpc) is 2.90. The van der Waals surface area contributed by atoms with Gasteiger partial charge in [-0.2, -0.15) is 5.10 Å². The van der Waals surface area contributed by atoms with Gasteiger partial charge in [-0.05, 0) is 50.7 Å². The normalized spacial score (nSPS) is 22.3. The molecule has 2 aromatic heterocycles. The lowest BCUT2D eigenvalue weighted by molar-refractivity contribution is 0.361. The Hall–Kier alpha value is -2.10. The van der Waals surface area contributed by atoms with Gasteiger partial charge in [-0.1, -0.05) is 19.1 Å². The first-order valence-corrected chi connectivity index (χ1v) is 8.22. The molecule has 1 saturated carbocycles. The summed E-state index contributed by atoms with van der Waals surface area (Å²) < 4.78 is 1.94. The van der Waals surface area contributed by atoms with E-state index in [1.54, 1.807) is 0 Å². The number of fused-ring (bicyclic) bond motifs is 3. The van der Waals surface area contributed by atoms with Gasteiger partial charge in [-0.3, -0.25) is 0 Å². The molecular weight excluding hydrogens is 272 g/mol. The number of nitrogens with zero attached hydrogens (tertiary/aromatic N) is 3. The monoisotopic (exact) mass is 294 g/mol. The molecule has 0 radical (unpaired) electrons. The maximum Gasteiger partial charge on any atom is 0.158 e. The zero-order chi connectivity index (χ0) is 15.1. The summed E-state index contributed by atoms with van der Waals surface area (Å²) in [7, 11) is 0. The first kappa shape index (κ1) is 13.6. The van der Waals surface area contributed by atoms with Crippen molar-refractivity contribution >= 4 is 22.4 Å². The van der Waals surface area contributed by atoms with Crippen LogP contribution in [-0.2, 0) is 0 Å². The standard InChI is InChI=1S/C18H22N4/c1-12-7-9-14(10-8-12)19-18-15-5-3-4-6-16(15)22-17(20-18)11-13(2)21-22/h3-6,11-12,14H,7-10H2,1-2H3,(H,19,20). The number of aromatic nitrogens is 3. The fourth-order valence-corrected chi connectivity index (χ4v) is 3.48. The van der Waals surface area contributed by atoms with Crippen LogP contribution in [0.2, 0.25) is 0 Å². The highest BCUT2D eigenvalue weighted by atomic mass is 15.3. The fourth-order valence-electron chi connectivity index (χ4n) is 3.48. The highest BCUT2D eigenvalue weighted by Gasteiger charge is 2.19. The van der Waals surface area contributed by atoms with E-state index in [2.05, 4.69) is 41.6 Å². The number of aryl methyl sites for hydroxylation is 1. The third-order valence-corrected chi connectivity index (χ3v) is 4.78. The molecule has 22 heavy (non-hydrogen) atoms. The Labute approximate surface area is 130 Å². The van der Waals surface area contributed by atoms with E-state index >= 15 is 0 Å². The smallest absolute Gasteiger partial charge is 0.158 e. The van der Waals surface area contributed by atoms with E-state index in [0.717, 1.165) is 34.0 Å². The third-order valence-electron chi connectivity index (χ3n) is 4.78. The highest BCUT2D eigenvalue weighted by Crippen LogP contribution is 2.29. The van der Waals surface area contributed by atoms with Gasteiger partial charge in [0.25, 0.3) is 0 Å². The van der Waals surface area contributed by atoms with Crippen LogP contribution in [-0.4, -0.2) is 20.6 Å². The number of benzene rings is 1. The first-order valence-electron chi connectivity index (χ1n) is 8.22. The largest absolute Gasteiger partial charge is 0.367 e. The van der Waals surface area contributed by atoms with Crippen LogP contribution in [0.15, 0.2) is 30.3 Å². The quantitative estimate of drug-likeness (QED) is 0.771. The van der Waals surface area contributed by atoms with Crippen LogP contribution in [0.4, 0.5) is 5.82 Å². The minimum absolute atomic E-state index is 0.540. The summed E-state index contributed by atoms with van der Waals surface area (Å²) in [4.78, 5) is 4.83. The summed E-state index contributed by atoms with van der Waals surface area (Å²) >= 11 is 0. The van der Waals surface area contributed by atoms with E-state index in [-0.39, 0.29) is 0 Å². The van der Waals surface area contributed by atoms with Crippen molar-refractivity contribution < 1.29 is 0 Å². The minimum atomic E-state index is 0.540. The Kier molecular flexibility index (Phi) is 3.25. The van der Waals surface area contributed by atoms with Gasteiger partial charge in [0, 0.05) is 17.5 Å². The van der Waals surface area contributed by atoms with Gasteiger partial charge in [0.05, 0.1) is 11.2 Å². The molecule has 0 atom stereocenters. The Morgan fingerprint density at radius 1 is 1.14 bits per heavy atom. The van der Waals surface area contributed by atoms with Gasteiger partial charge in [0.1, 0.15) is 5.82 Å². The van der Waals surface area contributed by atoms with Crippen LogP contribution in [0.1, 0.15) is 38.3 Å². The molecule has 114 valence electrons. The first-order chi connectivity index (χ1) is 10.7. The minimum Gasteiger partial charge on any atom is -0.367 e. The van der Waals surface area contributed by atoms with Gasteiger partial charge in [-0.15, -0.1) is 0 Å². The third kappa shape index (κ3) is 2.32. The van der Waals surface area contributed by atoms with Gasteiger partial charge in [0.2, 0.25) is 0 Å². The lowest BCUT2D eigenvalue weighted by Crippen LogP contribution is -2.25. The van der Waals surface area contributed by atoms with Crippen LogP contribution < -0.4 is 5.32 Å². The number of anilines is 1. The molecule has 1 aliphatic carbocycles. The predicted molar refractivity (Wildman–Crippen MR) is 90.3 cm³/mol. The Bertz CT molecular complexity index is 812. The molecule has 1 fully saturated rings. The second kappa shape index (κ2) is 5.27. The molecule has 0 amide bonds. The molecule has 4 nitrogen and oxygen atoms in total. The molecule has 0 spiro atoms. The summed E-state index contributed by atoms with van der Waals surface area (Å²) in [6, 6.07) is 11.0. The van der Waals surface area contributed by atoms with Crippen LogP contribution in [0.25, 0.3) is 16.6 Å². The summed E-state index contributed by atoms with van der Waals surface area (Å²) in [5.74, 6) is 1.87. The zero-order valence-electron chi connectivity index (χ0n) is 13.2. The molecule has 1 aliphatic rings. The number of para-hydroxylation sites is 1. The molecule has 1 N–H and O–H groups in total. The molecule has 4 heteroatoms. The molecule has 0 saturated heterocycles. The van der Waals surface area contributed by atoms with Crippen LogP contribution >= 0.6 is 0 Å². The fraction of sp³-hybridized carbons (Fsp3) is 0.444. The number of hydrogen-bond donors (Lipinski definition) is 1. The van der Waals surface area contributed by atoms with Crippen LogP contribution in [0.5, 0.6) is 0 Å². The van der Waals surface area contributed by atoms with Crippen molar-refractivity contribution in [1.82, 2.24) is 14.6 Å². The van der Waals surface area contributed by atoms with Crippen LogP contribution in [0, 0.1) is 12.8 Å². The number of rotatable bonds is 2. The maximum atomic E-state index is 4.83. The maximum absolute atomic E-state index is 4.83. The molecule has 4 rings (SSSR count). The van der Waals surface area contributed by atoms with Crippen molar-refractivity contribution in [1.29, 1.82) is 0 Å². The van der Waals surface area contributed by atoms with Crippen molar-refractivity contribution in [2.45, 2.75) is 45.6 Å². The second-order valence-corrected chi connectivity index (χ2v) is 6.63. The molecule has 1 aromatic carbocycles. The summed E-state index contributed by atoms with van der Waals surface area (Å²) in [5.41, 5.74) is 3.04. The van der Waals surface area contributed by atoms with E-state index < -0.39 is 0 Å². The van der Waals surface area contributed by atoms with Crippen molar-refractivity contribution in [2.24, 2.45) is 5.92 Å². The van der Waals surface area contributed by atoms with E-state index in [1.807, 2.05) is 17.5 Å². The van der Waals surface area contributed by atoms with Gasteiger partial charge < -0.3 is 5.32 Å². The summed E-state index contributed by atoms with van der Waals surface area (Å²) in [6.07, 6.45) is 5.09. The topological polar surface area (TPSA) is 42.2 Å². The molecule has 0 aliphatic heterocycles. The summed E-state index contributed by atoms with van der Waals surface area (Å²) in [5, 5.41) is 9.41. The Balaban J connectivity index is 1.78. The average molecular weight is 294 g/mol. The van der Waals surface area contributed by atoms with Crippen molar-refractivity contribution in [3.05, 3.63) is 36.0 Å². The lowest BCUT2D eigenvalue weighted by atomic mass is 9.87. The summed E-state index contributed by atoms with van der Waals surface area (Å²) in [6.45, 7) is 4.37. The molecular formula is C18H22N4.